The third kappa shape index (κ3) is 1.50. The molecule has 1 heteroatoms. The fourth-order valence-electron chi connectivity index (χ4n) is 3.71. The van der Waals surface area contributed by atoms with Gasteiger partial charge < -0.3 is 4.90 Å². The second-order valence-electron chi connectivity index (χ2n) is 6.05. The van der Waals surface area contributed by atoms with Crippen LogP contribution in [0.5, 0.6) is 0 Å². The molecule has 0 saturated heterocycles. The maximum atomic E-state index is 2.49. The Bertz CT molecular complexity index is 207. The van der Waals surface area contributed by atoms with Crippen LogP contribution in [0.15, 0.2) is 0 Å². The smallest absolute Gasteiger partial charge is 0.000935 e. The molecule has 3 aliphatic carbocycles. The van der Waals surface area contributed by atoms with Crippen molar-refractivity contribution in [2.45, 2.75) is 40.0 Å². The van der Waals surface area contributed by atoms with E-state index in [9.17, 15) is 0 Å². The molecule has 1 unspecified atom stereocenters. The molecule has 14 heavy (non-hydrogen) atoms. The molecule has 0 aromatic carbocycles. The highest BCUT2D eigenvalue weighted by Crippen LogP contribution is 2.61. The number of fused-ring (bicyclic) bond motifs is 2. The van der Waals surface area contributed by atoms with Crippen LogP contribution in [0.4, 0.5) is 0 Å². The van der Waals surface area contributed by atoms with Gasteiger partial charge in [-0.3, -0.25) is 0 Å². The summed E-state index contributed by atoms with van der Waals surface area (Å²) < 4.78 is 0. The van der Waals surface area contributed by atoms with Gasteiger partial charge in [-0.1, -0.05) is 20.8 Å². The summed E-state index contributed by atoms with van der Waals surface area (Å²) in [5, 5.41) is 0. The first kappa shape index (κ1) is 10.5. The normalized spacial score (nSPS) is 39.6. The second-order valence-corrected chi connectivity index (χ2v) is 6.05. The van der Waals surface area contributed by atoms with Crippen molar-refractivity contribution in [3.8, 4) is 0 Å². The average Bonchev–Trinajstić information content (AvgIpc) is 2.17. The molecule has 2 bridgehead atoms. The average molecular weight is 195 g/mol. The molecule has 0 amide bonds. The first-order valence-electron chi connectivity index (χ1n) is 6.24. The second kappa shape index (κ2) is 3.52. The lowest BCUT2D eigenvalue weighted by atomic mass is 9.45. The van der Waals surface area contributed by atoms with E-state index < -0.39 is 0 Å². The Labute approximate surface area is 88.9 Å². The van der Waals surface area contributed by atoms with Crippen molar-refractivity contribution in [1.29, 1.82) is 0 Å². The lowest BCUT2D eigenvalue weighted by molar-refractivity contribution is -0.110. The van der Waals surface area contributed by atoms with Crippen molar-refractivity contribution in [2.24, 2.45) is 23.2 Å². The number of hydrogen-bond acceptors (Lipinski definition) is 1. The molecule has 3 rings (SSSR count). The zero-order valence-electron chi connectivity index (χ0n) is 10.2. The van der Waals surface area contributed by atoms with E-state index in [4.69, 9.17) is 0 Å². The first-order valence-corrected chi connectivity index (χ1v) is 6.24. The zero-order chi connectivity index (χ0) is 10.3. The minimum absolute atomic E-state index is 0.664. The molecule has 82 valence electrons. The molecule has 0 radical (unpaired) electrons. The van der Waals surface area contributed by atoms with Crippen molar-refractivity contribution >= 4 is 0 Å². The Morgan fingerprint density at radius 1 is 1.29 bits per heavy atom. The van der Waals surface area contributed by atoms with Crippen molar-refractivity contribution in [3.63, 3.8) is 0 Å². The van der Waals surface area contributed by atoms with Gasteiger partial charge in [0.15, 0.2) is 0 Å². The van der Waals surface area contributed by atoms with E-state index in [1.807, 2.05) is 0 Å². The maximum Gasteiger partial charge on any atom is 0.000935 e. The minimum atomic E-state index is 0.664. The van der Waals surface area contributed by atoms with Crippen molar-refractivity contribution < 1.29 is 0 Å². The van der Waals surface area contributed by atoms with E-state index in [0.717, 1.165) is 17.8 Å². The summed E-state index contributed by atoms with van der Waals surface area (Å²) in [6.45, 7) is 9.77. The predicted octanol–water partition coefficient (Wildman–Crippen LogP) is 3.01. The van der Waals surface area contributed by atoms with Crippen LogP contribution in [0.2, 0.25) is 0 Å². The quantitative estimate of drug-likeness (QED) is 0.669. The summed E-state index contributed by atoms with van der Waals surface area (Å²) in [6.07, 6.45) is 4.50. The Morgan fingerprint density at radius 2 is 2.00 bits per heavy atom. The molecule has 1 nitrogen and oxygen atoms in total. The molecule has 3 atom stereocenters. The number of rotatable bonds is 3. The van der Waals surface area contributed by atoms with E-state index in [-0.39, 0.29) is 0 Å². The van der Waals surface area contributed by atoms with Gasteiger partial charge in [-0.15, -0.1) is 0 Å². The van der Waals surface area contributed by atoms with Gasteiger partial charge in [-0.2, -0.15) is 0 Å². The Balaban J connectivity index is 1.94. The van der Waals surface area contributed by atoms with Crippen LogP contribution in [0.25, 0.3) is 0 Å². The van der Waals surface area contributed by atoms with Crippen LogP contribution >= 0.6 is 0 Å². The Kier molecular flexibility index (Phi) is 2.63. The Hall–Kier alpha value is -0.0400. The highest BCUT2D eigenvalue weighted by Gasteiger charge is 2.53. The summed E-state index contributed by atoms with van der Waals surface area (Å²) in [5.41, 5.74) is 0.664. The molecule has 3 fully saturated rings. The van der Waals surface area contributed by atoms with Crippen molar-refractivity contribution in [1.82, 2.24) is 4.90 Å². The summed E-state index contributed by atoms with van der Waals surface area (Å²) in [6, 6.07) is 0. The lowest BCUT2D eigenvalue weighted by Gasteiger charge is -2.60. The van der Waals surface area contributed by atoms with E-state index in [1.54, 1.807) is 0 Å². The topological polar surface area (TPSA) is 3.24 Å². The molecule has 3 saturated carbocycles. The standard InChI is InChI=1S/C13H25N/c1-5-14(4)9-10-6-7-11-8-12(10)13(11,2)3/h10-12H,5-9H2,1-4H3/t10-,11-,12?/m1/s1. The van der Waals surface area contributed by atoms with E-state index in [0.29, 0.717) is 5.41 Å². The predicted molar refractivity (Wildman–Crippen MR) is 61.3 cm³/mol. The number of nitrogens with zero attached hydrogens (tertiary/aromatic N) is 1. The fourth-order valence-corrected chi connectivity index (χ4v) is 3.71. The highest BCUT2D eigenvalue weighted by atomic mass is 15.1. The summed E-state index contributed by atoms with van der Waals surface area (Å²) in [7, 11) is 2.26. The third-order valence-electron chi connectivity index (χ3n) is 5.09. The molecule has 0 spiro atoms. The molecule has 0 aliphatic heterocycles. The van der Waals surface area contributed by atoms with Crippen LogP contribution in [0.3, 0.4) is 0 Å². The SMILES string of the molecule is CCN(C)C[C@H]1CC[C@@H]2CC1C2(C)C. The van der Waals surface area contributed by atoms with Gasteiger partial charge in [-0.25, -0.2) is 0 Å². The lowest BCUT2D eigenvalue weighted by Crippen LogP contribution is -2.54. The van der Waals surface area contributed by atoms with Crippen LogP contribution < -0.4 is 0 Å². The third-order valence-corrected chi connectivity index (χ3v) is 5.09. The fraction of sp³-hybridized carbons (Fsp3) is 1.00. The number of hydrogen-bond donors (Lipinski definition) is 0. The van der Waals surface area contributed by atoms with Gasteiger partial charge >= 0.3 is 0 Å². The van der Waals surface area contributed by atoms with Crippen LogP contribution in [-0.2, 0) is 0 Å². The van der Waals surface area contributed by atoms with Gasteiger partial charge in [0.2, 0.25) is 0 Å². The first-order chi connectivity index (χ1) is 6.55. The van der Waals surface area contributed by atoms with Crippen molar-refractivity contribution in [2.75, 3.05) is 20.1 Å². The molecular formula is C13H25N. The van der Waals surface area contributed by atoms with E-state index >= 15 is 0 Å². The summed E-state index contributed by atoms with van der Waals surface area (Å²) in [5.74, 6) is 3.06. The molecule has 0 aromatic heterocycles. The molecule has 0 N–H and O–H groups in total. The molecule has 0 heterocycles. The Morgan fingerprint density at radius 3 is 2.50 bits per heavy atom. The molecule has 0 aromatic rings. The van der Waals surface area contributed by atoms with Gasteiger partial charge in [0, 0.05) is 6.54 Å². The maximum absolute atomic E-state index is 2.49. The summed E-state index contributed by atoms with van der Waals surface area (Å²) >= 11 is 0. The van der Waals surface area contributed by atoms with Gasteiger partial charge in [0.05, 0.1) is 0 Å². The van der Waals surface area contributed by atoms with Gasteiger partial charge in [0.25, 0.3) is 0 Å². The zero-order valence-corrected chi connectivity index (χ0v) is 10.2. The summed E-state index contributed by atoms with van der Waals surface area (Å²) in [4.78, 5) is 2.49. The van der Waals surface area contributed by atoms with Crippen molar-refractivity contribution in [3.05, 3.63) is 0 Å². The van der Waals surface area contributed by atoms with Gasteiger partial charge in [0.1, 0.15) is 0 Å². The van der Waals surface area contributed by atoms with Crippen LogP contribution in [0, 0.1) is 23.2 Å². The van der Waals surface area contributed by atoms with Crippen LogP contribution in [0.1, 0.15) is 40.0 Å². The largest absolute Gasteiger partial charge is 0.306 e. The van der Waals surface area contributed by atoms with E-state index in [2.05, 4.69) is 32.7 Å². The molecular weight excluding hydrogens is 170 g/mol. The van der Waals surface area contributed by atoms with Crippen LogP contribution in [-0.4, -0.2) is 25.0 Å². The monoisotopic (exact) mass is 195 g/mol. The minimum Gasteiger partial charge on any atom is -0.306 e. The highest BCUT2D eigenvalue weighted by molar-refractivity contribution is 5.03. The van der Waals surface area contributed by atoms with E-state index in [1.165, 1.54) is 32.4 Å². The molecule has 3 aliphatic rings. The van der Waals surface area contributed by atoms with Gasteiger partial charge in [-0.05, 0) is 56.0 Å².